The van der Waals surface area contributed by atoms with E-state index in [1.807, 2.05) is 83.4 Å². The van der Waals surface area contributed by atoms with Gasteiger partial charge >= 0.3 is 0 Å². The molecule has 0 saturated heterocycles. The zero-order valence-electron chi connectivity index (χ0n) is 33.0. The number of Topliss-reactive ketones (excluding diaryl/α,β-unsaturated/α-hetero) is 1. The van der Waals surface area contributed by atoms with Gasteiger partial charge in [0.15, 0.2) is 0 Å². The number of hydrogen-bond donors (Lipinski definition) is 3. The lowest BCUT2D eigenvalue weighted by Crippen LogP contribution is -2.50. The number of carbonyl (C=O) groups is 3. The number of aromatic nitrogens is 2. The minimum absolute atomic E-state index is 0.00114. The molecule has 0 radical (unpaired) electrons. The smallest absolute Gasteiger partial charge is 0.242 e. The van der Waals surface area contributed by atoms with Crippen molar-refractivity contribution in [3.05, 3.63) is 161 Å². The lowest BCUT2D eigenvalue weighted by atomic mass is 9.76. The van der Waals surface area contributed by atoms with Crippen molar-refractivity contribution >= 4 is 17.6 Å². The van der Waals surface area contributed by atoms with E-state index in [1.165, 1.54) is 0 Å². The highest BCUT2D eigenvalue weighted by molar-refractivity contribution is 5.91. The van der Waals surface area contributed by atoms with E-state index in [0.717, 1.165) is 39.9 Å². The first kappa shape index (κ1) is 40.8. The summed E-state index contributed by atoms with van der Waals surface area (Å²) in [4.78, 5) is 46.2. The monoisotopic (exact) mass is 739 g/mol. The van der Waals surface area contributed by atoms with Gasteiger partial charge in [-0.15, -0.1) is 0 Å². The predicted octanol–water partition coefficient (Wildman–Crippen LogP) is 7.83. The van der Waals surface area contributed by atoms with E-state index < -0.39 is 17.5 Å². The Balaban J connectivity index is 1.32. The number of nitrogens with zero attached hydrogens (tertiary/aromatic N) is 2. The van der Waals surface area contributed by atoms with Crippen molar-refractivity contribution in [3.63, 3.8) is 0 Å². The van der Waals surface area contributed by atoms with Crippen LogP contribution in [0.2, 0.25) is 0 Å². The summed E-state index contributed by atoms with van der Waals surface area (Å²) in [6.45, 7) is 10.8. The predicted molar refractivity (Wildman–Crippen MR) is 220 cm³/mol. The van der Waals surface area contributed by atoms with Crippen molar-refractivity contribution in [2.45, 2.75) is 85.0 Å². The SMILES string of the molecule is CCC(C)[C@H](CC(=O)[C@@H](C)Cc1cn(C(c2ccccc2)(c2ccccc2)c2ccccc2)cn1)C(=O)N[C@@H](CC(C)C)C(=O)NCc1ccc(CN)cc1. The highest BCUT2D eigenvalue weighted by Crippen LogP contribution is 2.41. The molecule has 8 heteroatoms. The molecule has 1 aromatic heterocycles. The number of ketones is 1. The van der Waals surface area contributed by atoms with Gasteiger partial charge in [0, 0.05) is 44.0 Å². The Hall–Kier alpha value is -5.34. The first-order valence-electron chi connectivity index (χ1n) is 19.6. The summed E-state index contributed by atoms with van der Waals surface area (Å²) in [5, 5.41) is 6.04. The van der Waals surface area contributed by atoms with Gasteiger partial charge in [-0.3, -0.25) is 14.4 Å². The van der Waals surface area contributed by atoms with Crippen LogP contribution in [0.5, 0.6) is 0 Å². The van der Waals surface area contributed by atoms with E-state index >= 15 is 0 Å². The highest BCUT2D eigenvalue weighted by Gasteiger charge is 2.39. The number of carbonyl (C=O) groups excluding carboxylic acids is 3. The van der Waals surface area contributed by atoms with Crippen LogP contribution in [0.4, 0.5) is 0 Å². The fraction of sp³-hybridized carbons (Fsp3) is 0.362. The van der Waals surface area contributed by atoms with Gasteiger partial charge in [-0.25, -0.2) is 4.98 Å². The fourth-order valence-electron chi connectivity index (χ4n) is 7.41. The Labute approximate surface area is 327 Å². The molecule has 55 heavy (non-hydrogen) atoms. The van der Waals surface area contributed by atoms with Gasteiger partial charge in [0.2, 0.25) is 11.8 Å². The molecule has 0 bridgehead atoms. The molecule has 4 N–H and O–H groups in total. The molecule has 5 aromatic rings. The molecule has 4 aromatic carbocycles. The highest BCUT2D eigenvalue weighted by atomic mass is 16.2. The largest absolute Gasteiger partial charge is 0.350 e. The van der Waals surface area contributed by atoms with E-state index in [1.54, 1.807) is 0 Å². The summed E-state index contributed by atoms with van der Waals surface area (Å²) in [5.41, 5.74) is 11.1. The van der Waals surface area contributed by atoms with Crippen molar-refractivity contribution in [1.29, 1.82) is 0 Å². The number of nitrogens with one attached hydrogen (secondary N) is 2. The standard InChI is InChI=1S/C47H57N5O3/c1-6-34(4)42(45(54)51-43(26-33(2)3)46(55)49-30-37-24-22-36(29-48)23-25-37)28-44(53)35(5)27-41-31-52(32-50-41)47(38-16-10-7-11-17-38,39-18-12-8-13-19-39)40-20-14-9-15-21-40/h7-25,31-35,42-43H,6,26-30,48H2,1-5H3,(H,49,55)(H,51,54)/t34?,35-,42-,43-/m0/s1. The van der Waals surface area contributed by atoms with Gasteiger partial charge in [0.05, 0.1) is 12.0 Å². The fourth-order valence-corrected chi connectivity index (χ4v) is 7.41. The van der Waals surface area contributed by atoms with Crippen LogP contribution in [-0.2, 0) is 39.4 Å². The lowest BCUT2D eigenvalue weighted by molar-refractivity contribution is -0.135. The Morgan fingerprint density at radius 1 is 0.745 bits per heavy atom. The van der Waals surface area contributed by atoms with Crippen LogP contribution >= 0.6 is 0 Å². The number of imidazole rings is 1. The third kappa shape index (κ3) is 10.1. The van der Waals surface area contributed by atoms with Crippen LogP contribution in [0.1, 0.15) is 87.4 Å². The Kier molecular flexibility index (Phi) is 14.3. The first-order valence-corrected chi connectivity index (χ1v) is 19.6. The molecule has 0 spiro atoms. The van der Waals surface area contributed by atoms with Crippen LogP contribution in [-0.4, -0.2) is 33.2 Å². The summed E-state index contributed by atoms with van der Waals surface area (Å²) < 4.78 is 2.16. The average molecular weight is 740 g/mol. The molecule has 8 nitrogen and oxygen atoms in total. The maximum Gasteiger partial charge on any atom is 0.242 e. The molecule has 0 aliphatic carbocycles. The minimum atomic E-state index is -0.710. The maximum absolute atomic E-state index is 14.0. The topological polar surface area (TPSA) is 119 Å². The van der Waals surface area contributed by atoms with Crippen molar-refractivity contribution in [3.8, 4) is 0 Å². The van der Waals surface area contributed by atoms with Crippen molar-refractivity contribution in [2.24, 2.45) is 29.4 Å². The molecule has 0 aliphatic heterocycles. The van der Waals surface area contributed by atoms with Crippen molar-refractivity contribution in [2.75, 3.05) is 0 Å². The first-order chi connectivity index (χ1) is 26.6. The van der Waals surface area contributed by atoms with Gasteiger partial charge in [0.1, 0.15) is 17.4 Å². The van der Waals surface area contributed by atoms with Crippen LogP contribution in [0, 0.1) is 23.7 Å². The van der Waals surface area contributed by atoms with Gasteiger partial charge in [-0.2, -0.15) is 0 Å². The quantitative estimate of drug-likeness (QED) is 0.0747. The normalized spacial score (nSPS) is 13.8. The second kappa shape index (κ2) is 19.3. The zero-order valence-corrected chi connectivity index (χ0v) is 33.0. The van der Waals surface area contributed by atoms with Crippen LogP contribution in [0.15, 0.2) is 128 Å². The van der Waals surface area contributed by atoms with Crippen LogP contribution in [0.25, 0.3) is 0 Å². The number of amides is 2. The van der Waals surface area contributed by atoms with Crippen LogP contribution in [0.3, 0.4) is 0 Å². The molecule has 0 fully saturated rings. The Morgan fingerprint density at radius 3 is 1.76 bits per heavy atom. The van der Waals surface area contributed by atoms with E-state index in [2.05, 4.69) is 94.2 Å². The summed E-state index contributed by atoms with van der Waals surface area (Å²) in [5.74, 6) is -1.31. The molecule has 1 heterocycles. The summed E-state index contributed by atoms with van der Waals surface area (Å²) >= 11 is 0. The van der Waals surface area contributed by atoms with E-state index in [-0.39, 0.29) is 41.8 Å². The molecule has 288 valence electrons. The molecular weight excluding hydrogens is 683 g/mol. The lowest BCUT2D eigenvalue weighted by Gasteiger charge is -2.37. The third-order valence-electron chi connectivity index (χ3n) is 10.8. The molecule has 4 atom stereocenters. The summed E-state index contributed by atoms with van der Waals surface area (Å²) in [6, 6.07) is 38.3. The number of benzene rings is 4. The van der Waals surface area contributed by atoms with Crippen molar-refractivity contribution in [1.82, 2.24) is 20.2 Å². The Morgan fingerprint density at radius 2 is 1.27 bits per heavy atom. The Bertz CT molecular complexity index is 1860. The van der Waals surface area contributed by atoms with E-state index in [0.29, 0.717) is 25.9 Å². The molecule has 0 saturated carbocycles. The maximum atomic E-state index is 14.0. The molecule has 1 unspecified atom stereocenters. The minimum Gasteiger partial charge on any atom is -0.350 e. The number of nitrogens with two attached hydrogens (primary N) is 1. The second-order valence-electron chi connectivity index (χ2n) is 15.3. The van der Waals surface area contributed by atoms with Gasteiger partial charge in [-0.1, -0.05) is 156 Å². The molecule has 2 amide bonds. The number of hydrogen-bond acceptors (Lipinski definition) is 5. The van der Waals surface area contributed by atoms with Crippen LogP contribution < -0.4 is 16.4 Å². The third-order valence-corrected chi connectivity index (χ3v) is 10.8. The zero-order chi connectivity index (χ0) is 39.4. The number of rotatable bonds is 19. The molecular formula is C47H57N5O3. The summed E-state index contributed by atoms with van der Waals surface area (Å²) in [6.07, 6.45) is 5.65. The van der Waals surface area contributed by atoms with Gasteiger partial charge in [0.25, 0.3) is 0 Å². The second-order valence-corrected chi connectivity index (χ2v) is 15.3. The van der Waals surface area contributed by atoms with Crippen molar-refractivity contribution < 1.29 is 14.4 Å². The van der Waals surface area contributed by atoms with Gasteiger partial charge < -0.3 is 20.9 Å². The average Bonchev–Trinajstić information content (AvgIpc) is 3.68. The molecule has 0 aliphatic rings. The summed E-state index contributed by atoms with van der Waals surface area (Å²) in [7, 11) is 0. The van der Waals surface area contributed by atoms with E-state index in [9.17, 15) is 14.4 Å². The van der Waals surface area contributed by atoms with Gasteiger partial charge in [-0.05, 0) is 46.1 Å². The van der Waals surface area contributed by atoms with E-state index in [4.69, 9.17) is 10.7 Å². The molecule has 5 rings (SSSR count).